The Morgan fingerprint density at radius 1 is 1.22 bits per heavy atom. The number of hydrogen-bond donors (Lipinski definition) is 2. The van der Waals surface area contributed by atoms with E-state index < -0.39 is 6.17 Å². The molecule has 27 heavy (non-hydrogen) atoms. The van der Waals surface area contributed by atoms with E-state index in [4.69, 9.17) is 0 Å². The Morgan fingerprint density at radius 3 is 2.93 bits per heavy atom. The fourth-order valence-electron chi connectivity index (χ4n) is 4.34. The molecule has 2 aliphatic rings. The third kappa shape index (κ3) is 2.63. The minimum Gasteiger partial charge on any atom is -0.504 e. The van der Waals surface area contributed by atoms with Crippen molar-refractivity contribution in [2.24, 2.45) is 0 Å². The van der Waals surface area contributed by atoms with Crippen LogP contribution in [0, 0.1) is 0 Å². The SMILES string of the molecule is CN(c1cnc(-c2ccn3ccnc3c2O)cn1)[C@H]1C[C@@H]2CCC(N2)[C@H]1F. The van der Waals surface area contributed by atoms with E-state index in [1.54, 1.807) is 35.3 Å². The first-order chi connectivity index (χ1) is 13.1. The number of imidazole rings is 1. The molecule has 2 aliphatic heterocycles. The maximum absolute atomic E-state index is 14.8. The number of pyridine rings is 1. The van der Waals surface area contributed by atoms with Crippen LogP contribution >= 0.6 is 0 Å². The Bertz CT molecular complexity index is 974. The summed E-state index contributed by atoms with van der Waals surface area (Å²) in [6, 6.07) is 1.92. The van der Waals surface area contributed by atoms with Crippen molar-refractivity contribution in [3.63, 3.8) is 0 Å². The largest absolute Gasteiger partial charge is 0.504 e. The van der Waals surface area contributed by atoms with E-state index in [0.717, 1.165) is 19.3 Å². The fraction of sp³-hybridized carbons (Fsp3) is 0.421. The number of nitrogens with zero attached hydrogens (tertiary/aromatic N) is 5. The van der Waals surface area contributed by atoms with Crippen molar-refractivity contribution in [3.8, 4) is 17.0 Å². The van der Waals surface area contributed by atoms with Crippen molar-refractivity contribution < 1.29 is 9.50 Å². The molecular weight excluding hydrogens is 347 g/mol. The molecule has 0 radical (unpaired) electrons. The summed E-state index contributed by atoms with van der Waals surface area (Å²) in [6.45, 7) is 0. The summed E-state index contributed by atoms with van der Waals surface area (Å²) in [7, 11) is 1.87. The first-order valence-corrected chi connectivity index (χ1v) is 9.22. The summed E-state index contributed by atoms with van der Waals surface area (Å²) in [4.78, 5) is 15.0. The molecule has 5 heterocycles. The average molecular weight is 368 g/mol. The molecule has 0 amide bonds. The van der Waals surface area contributed by atoms with Crippen molar-refractivity contribution in [3.05, 3.63) is 37.1 Å². The molecule has 4 atom stereocenters. The monoisotopic (exact) mass is 368 g/mol. The van der Waals surface area contributed by atoms with Gasteiger partial charge in [-0.2, -0.15) is 0 Å². The highest BCUT2D eigenvalue weighted by molar-refractivity contribution is 5.74. The molecule has 1 unspecified atom stereocenters. The van der Waals surface area contributed by atoms with Crippen molar-refractivity contribution in [1.82, 2.24) is 24.7 Å². The summed E-state index contributed by atoms with van der Waals surface area (Å²) in [5.74, 6) is 0.700. The van der Waals surface area contributed by atoms with Crippen LogP contribution in [-0.4, -0.2) is 55.8 Å². The van der Waals surface area contributed by atoms with Gasteiger partial charge in [0.05, 0.1) is 24.1 Å². The molecule has 0 aliphatic carbocycles. The zero-order valence-electron chi connectivity index (χ0n) is 15.0. The van der Waals surface area contributed by atoms with Gasteiger partial charge < -0.3 is 19.7 Å². The fourth-order valence-corrected chi connectivity index (χ4v) is 4.34. The van der Waals surface area contributed by atoms with Crippen LogP contribution in [-0.2, 0) is 0 Å². The van der Waals surface area contributed by atoms with Crippen molar-refractivity contribution >= 4 is 11.5 Å². The summed E-state index contributed by atoms with van der Waals surface area (Å²) in [5, 5.41) is 13.8. The van der Waals surface area contributed by atoms with Crippen LogP contribution in [0.15, 0.2) is 37.1 Å². The van der Waals surface area contributed by atoms with E-state index in [0.29, 0.717) is 28.8 Å². The number of halogens is 1. The second-order valence-corrected chi connectivity index (χ2v) is 7.40. The van der Waals surface area contributed by atoms with Gasteiger partial charge in [-0.15, -0.1) is 0 Å². The van der Waals surface area contributed by atoms with Crippen LogP contribution in [0.5, 0.6) is 5.75 Å². The van der Waals surface area contributed by atoms with Crippen molar-refractivity contribution in [2.45, 2.75) is 43.6 Å². The summed E-state index contributed by atoms with van der Waals surface area (Å²) < 4.78 is 16.5. The van der Waals surface area contributed by atoms with Crippen molar-refractivity contribution in [2.75, 3.05) is 11.9 Å². The Kier molecular flexibility index (Phi) is 3.75. The predicted octanol–water partition coefficient (Wildman–Crippen LogP) is 2.16. The highest BCUT2D eigenvalue weighted by atomic mass is 19.1. The lowest BCUT2D eigenvalue weighted by molar-refractivity contribution is 0.176. The van der Waals surface area contributed by atoms with Gasteiger partial charge >= 0.3 is 0 Å². The molecule has 3 aromatic rings. The van der Waals surface area contributed by atoms with Crippen LogP contribution in [0.1, 0.15) is 19.3 Å². The zero-order chi connectivity index (χ0) is 18.5. The predicted molar refractivity (Wildman–Crippen MR) is 99.5 cm³/mol. The Hall–Kier alpha value is -2.74. The molecule has 7 nitrogen and oxygen atoms in total. The van der Waals surface area contributed by atoms with Gasteiger partial charge in [0.25, 0.3) is 0 Å². The molecule has 0 aromatic carbocycles. The summed E-state index contributed by atoms with van der Waals surface area (Å²) >= 11 is 0. The lowest BCUT2D eigenvalue weighted by Gasteiger charge is -2.38. The summed E-state index contributed by atoms with van der Waals surface area (Å²) in [6.07, 6.45) is 10.3. The number of fused-ring (bicyclic) bond motifs is 3. The van der Waals surface area contributed by atoms with Gasteiger partial charge in [0.2, 0.25) is 0 Å². The van der Waals surface area contributed by atoms with Crippen LogP contribution in [0.4, 0.5) is 10.2 Å². The molecule has 8 heteroatoms. The molecule has 0 saturated carbocycles. The number of aromatic nitrogens is 4. The van der Waals surface area contributed by atoms with Gasteiger partial charge in [0.15, 0.2) is 11.4 Å². The third-order valence-corrected chi connectivity index (χ3v) is 5.86. The standard InChI is InChI=1S/C19H21FN6O/c1-25(15-8-11-2-3-13(24-11)17(15)20)16-10-22-14(9-23-16)12-4-6-26-7-5-21-19(26)18(12)27/h4-7,9-11,13,15,17,24,27H,2-3,8H2,1H3/t11-,13?,15-,17+/m0/s1. The minimum atomic E-state index is -0.915. The van der Waals surface area contributed by atoms with E-state index in [-0.39, 0.29) is 17.8 Å². The molecule has 0 spiro atoms. The van der Waals surface area contributed by atoms with E-state index in [9.17, 15) is 9.50 Å². The normalized spacial score (nSPS) is 27.2. The minimum absolute atomic E-state index is 0.0540. The maximum Gasteiger partial charge on any atom is 0.180 e. The average Bonchev–Trinajstić information content (AvgIpc) is 3.33. The Labute approximate surface area is 155 Å². The van der Waals surface area contributed by atoms with Crippen LogP contribution < -0.4 is 10.2 Å². The second kappa shape index (κ2) is 6.16. The number of rotatable bonds is 3. The number of piperidine rings is 1. The number of nitrogens with one attached hydrogen (secondary N) is 1. The Balaban J connectivity index is 1.42. The van der Waals surface area contributed by atoms with Gasteiger partial charge in [0.1, 0.15) is 12.0 Å². The van der Waals surface area contributed by atoms with Crippen molar-refractivity contribution in [1.29, 1.82) is 0 Å². The van der Waals surface area contributed by atoms with Gasteiger partial charge in [-0.3, -0.25) is 4.98 Å². The molecule has 2 saturated heterocycles. The first-order valence-electron chi connectivity index (χ1n) is 9.22. The molecule has 2 N–H and O–H groups in total. The molecular formula is C19H21FN6O. The number of anilines is 1. The molecule has 2 bridgehead atoms. The Morgan fingerprint density at radius 2 is 2.11 bits per heavy atom. The second-order valence-electron chi connectivity index (χ2n) is 7.40. The molecule has 140 valence electrons. The smallest absolute Gasteiger partial charge is 0.180 e. The highest BCUT2D eigenvalue weighted by Crippen LogP contribution is 2.34. The first kappa shape index (κ1) is 16.4. The molecule has 3 aromatic heterocycles. The van der Waals surface area contributed by atoms with E-state index >= 15 is 0 Å². The quantitative estimate of drug-likeness (QED) is 0.738. The summed E-state index contributed by atoms with van der Waals surface area (Å²) in [5.41, 5.74) is 1.59. The third-order valence-electron chi connectivity index (χ3n) is 5.86. The molecule has 2 fully saturated rings. The van der Waals surface area contributed by atoms with Gasteiger partial charge in [-0.05, 0) is 25.3 Å². The van der Waals surface area contributed by atoms with Gasteiger partial charge in [-0.25, -0.2) is 14.4 Å². The van der Waals surface area contributed by atoms with E-state index in [1.165, 1.54) is 0 Å². The maximum atomic E-state index is 14.8. The lowest BCUT2D eigenvalue weighted by atomic mass is 9.96. The highest BCUT2D eigenvalue weighted by Gasteiger charge is 2.43. The van der Waals surface area contributed by atoms with Gasteiger partial charge in [-0.1, -0.05) is 0 Å². The number of hydrogen-bond acceptors (Lipinski definition) is 6. The van der Waals surface area contributed by atoms with Crippen LogP contribution in [0.2, 0.25) is 0 Å². The van der Waals surface area contributed by atoms with Crippen LogP contribution in [0.3, 0.4) is 0 Å². The lowest BCUT2D eigenvalue weighted by Crippen LogP contribution is -2.55. The number of aromatic hydroxyl groups is 1. The van der Waals surface area contributed by atoms with Crippen LogP contribution in [0.25, 0.3) is 16.9 Å². The van der Waals surface area contributed by atoms with E-state index in [2.05, 4.69) is 20.3 Å². The topological polar surface area (TPSA) is 78.6 Å². The number of alkyl halides is 1. The van der Waals surface area contributed by atoms with E-state index in [1.807, 2.05) is 18.1 Å². The zero-order valence-corrected chi connectivity index (χ0v) is 15.0. The van der Waals surface area contributed by atoms with Gasteiger partial charge in [0, 0.05) is 43.3 Å². The molecule has 5 rings (SSSR count).